The second-order valence-corrected chi connectivity index (χ2v) is 6.52. The summed E-state index contributed by atoms with van der Waals surface area (Å²) in [5, 5.41) is 1.76. The highest BCUT2D eigenvalue weighted by Gasteiger charge is 2.08. The van der Waals surface area contributed by atoms with Gasteiger partial charge >= 0.3 is 0 Å². The van der Waals surface area contributed by atoms with Gasteiger partial charge in [0, 0.05) is 29.7 Å². The summed E-state index contributed by atoms with van der Waals surface area (Å²) < 4.78 is 7.38. The summed E-state index contributed by atoms with van der Waals surface area (Å²) in [5.74, 6) is -0.177. The average Bonchev–Trinajstić information content (AvgIpc) is 3.09. The maximum absolute atomic E-state index is 11.9. The third-order valence-electron chi connectivity index (χ3n) is 4.10. The molecule has 27 heavy (non-hydrogen) atoms. The highest BCUT2D eigenvalue weighted by molar-refractivity contribution is 6.31. The number of carbonyl (C=O) groups is 2. The van der Waals surface area contributed by atoms with E-state index in [-0.39, 0.29) is 18.9 Å². The largest absolute Gasteiger partial charge is 0.484 e. The number of halogens is 1. The number of nitrogens with zero attached hydrogens (tertiary/aromatic N) is 1. The van der Waals surface area contributed by atoms with Crippen molar-refractivity contribution < 1.29 is 14.3 Å². The molecule has 1 heterocycles. The van der Waals surface area contributed by atoms with Gasteiger partial charge in [0.1, 0.15) is 5.75 Å². The molecule has 0 atom stereocenters. The van der Waals surface area contributed by atoms with Crippen molar-refractivity contribution in [3.05, 3.63) is 65.3 Å². The fourth-order valence-corrected chi connectivity index (χ4v) is 2.77. The standard InChI is InChI=1S/C20H20ClN3O3/c1-14-12-16(6-7-17(14)21)27-13-20(26)23-22-19(25)9-11-24-10-8-15-4-2-3-5-18(15)24/h2-8,10,12H,9,11,13H2,1H3,(H,22,25)(H,23,26). The summed E-state index contributed by atoms with van der Waals surface area (Å²) >= 11 is 5.94. The van der Waals surface area contributed by atoms with Crippen LogP contribution >= 0.6 is 11.6 Å². The molecule has 6 nitrogen and oxygen atoms in total. The van der Waals surface area contributed by atoms with Gasteiger partial charge in [0.15, 0.2) is 6.61 Å². The minimum Gasteiger partial charge on any atom is -0.484 e. The van der Waals surface area contributed by atoms with Gasteiger partial charge in [-0.3, -0.25) is 20.4 Å². The first-order valence-corrected chi connectivity index (χ1v) is 8.91. The Kier molecular flexibility index (Phi) is 5.98. The smallest absolute Gasteiger partial charge is 0.276 e. The molecule has 3 aromatic rings. The molecule has 0 aliphatic heterocycles. The summed E-state index contributed by atoms with van der Waals surface area (Å²) in [6, 6.07) is 15.1. The number of aromatic nitrogens is 1. The van der Waals surface area contributed by atoms with E-state index in [2.05, 4.69) is 10.9 Å². The first-order chi connectivity index (χ1) is 13.0. The number of hydrogen-bond acceptors (Lipinski definition) is 3. The van der Waals surface area contributed by atoms with Crippen molar-refractivity contribution >= 4 is 34.3 Å². The molecule has 7 heteroatoms. The Hall–Kier alpha value is -2.99. The number of hydrazine groups is 1. The number of hydrogen-bond donors (Lipinski definition) is 2. The number of amides is 2. The Bertz CT molecular complexity index is 968. The van der Waals surface area contributed by atoms with Gasteiger partial charge in [-0.25, -0.2) is 0 Å². The van der Waals surface area contributed by atoms with Crippen LogP contribution in [0.5, 0.6) is 5.75 Å². The third kappa shape index (κ3) is 5.01. The molecule has 1 aromatic heterocycles. The average molecular weight is 386 g/mol. The van der Waals surface area contributed by atoms with Gasteiger partial charge in [0.2, 0.25) is 5.91 Å². The minimum atomic E-state index is -0.442. The van der Waals surface area contributed by atoms with Crippen LogP contribution in [0.2, 0.25) is 5.02 Å². The Morgan fingerprint density at radius 1 is 1.07 bits per heavy atom. The van der Waals surface area contributed by atoms with Crippen LogP contribution in [0.25, 0.3) is 10.9 Å². The summed E-state index contributed by atoms with van der Waals surface area (Å²) in [6.45, 7) is 2.17. The topological polar surface area (TPSA) is 72.4 Å². The van der Waals surface area contributed by atoms with Crippen LogP contribution in [-0.4, -0.2) is 23.0 Å². The van der Waals surface area contributed by atoms with E-state index >= 15 is 0 Å². The van der Waals surface area contributed by atoms with Crippen molar-refractivity contribution in [2.75, 3.05) is 6.61 Å². The molecular weight excluding hydrogens is 366 g/mol. The lowest BCUT2D eigenvalue weighted by Gasteiger charge is -2.10. The molecule has 2 aromatic carbocycles. The Labute approximate surface area is 162 Å². The maximum Gasteiger partial charge on any atom is 0.276 e. The van der Waals surface area contributed by atoms with Gasteiger partial charge in [-0.2, -0.15) is 0 Å². The molecule has 2 amide bonds. The third-order valence-corrected chi connectivity index (χ3v) is 4.52. The molecule has 0 spiro atoms. The zero-order valence-electron chi connectivity index (χ0n) is 14.9. The van der Waals surface area contributed by atoms with Gasteiger partial charge in [-0.1, -0.05) is 29.8 Å². The van der Waals surface area contributed by atoms with E-state index in [0.29, 0.717) is 17.3 Å². The second kappa shape index (κ2) is 8.60. The number of ether oxygens (including phenoxy) is 1. The molecular formula is C20H20ClN3O3. The molecule has 140 valence electrons. The van der Waals surface area contributed by atoms with E-state index in [0.717, 1.165) is 16.5 Å². The Balaban J connectivity index is 1.40. The highest BCUT2D eigenvalue weighted by atomic mass is 35.5. The van der Waals surface area contributed by atoms with Crippen LogP contribution in [0.3, 0.4) is 0 Å². The van der Waals surface area contributed by atoms with Gasteiger partial charge in [-0.05, 0) is 48.2 Å². The van der Waals surface area contributed by atoms with Crippen LogP contribution in [-0.2, 0) is 16.1 Å². The molecule has 3 rings (SSSR count). The number of para-hydroxylation sites is 1. The maximum atomic E-state index is 11.9. The lowest BCUT2D eigenvalue weighted by Crippen LogP contribution is -2.44. The lowest BCUT2D eigenvalue weighted by atomic mass is 10.2. The van der Waals surface area contributed by atoms with Gasteiger partial charge < -0.3 is 9.30 Å². The number of carbonyl (C=O) groups excluding carboxylic acids is 2. The fraction of sp³-hybridized carbons (Fsp3) is 0.200. The number of benzene rings is 2. The molecule has 0 radical (unpaired) electrons. The van der Waals surface area contributed by atoms with E-state index in [9.17, 15) is 9.59 Å². The summed E-state index contributed by atoms with van der Waals surface area (Å²) in [4.78, 5) is 23.7. The molecule has 2 N–H and O–H groups in total. The molecule has 0 fully saturated rings. The van der Waals surface area contributed by atoms with E-state index < -0.39 is 5.91 Å². The summed E-state index contributed by atoms with van der Waals surface area (Å²) in [7, 11) is 0. The van der Waals surface area contributed by atoms with Crippen LogP contribution < -0.4 is 15.6 Å². The fourth-order valence-electron chi connectivity index (χ4n) is 2.65. The quantitative estimate of drug-likeness (QED) is 0.640. The van der Waals surface area contributed by atoms with Crippen LogP contribution in [0.1, 0.15) is 12.0 Å². The zero-order chi connectivity index (χ0) is 19.2. The SMILES string of the molecule is Cc1cc(OCC(=O)NNC(=O)CCn2ccc3ccccc32)ccc1Cl. The molecule has 0 saturated heterocycles. The van der Waals surface area contributed by atoms with Gasteiger partial charge in [0.05, 0.1) is 0 Å². The zero-order valence-corrected chi connectivity index (χ0v) is 15.6. The van der Waals surface area contributed by atoms with Crippen molar-refractivity contribution in [3.8, 4) is 5.75 Å². The number of aryl methyl sites for hydroxylation is 2. The number of rotatable bonds is 6. The van der Waals surface area contributed by atoms with Crippen LogP contribution in [0, 0.1) is 6.92 Å². The molecule has 0 aliphatic carbocycles. The Morgan fingerprint density at radius 2 is 1.85 bits per heavy atom. The van der Waals surface area contributed by atoms with Gasteiger partial charge in [0.25, 0.3) is 5.91 Å². The predicted molar refractivity (Wildman–Crippen MR) is 105 cm³/mol. The molecule has 0 aliphatic rings. The van der Waals surface area contributed by atoms with Crippen molar-refractivity contribution in [2.24, 2.45) is 0 Å². The molecule has 0 bridgehead atoms. The van der Waals surface area contributed by atoms with Crippen molar-refractivity contribution in [1.29, 1.82) is 0 Å². The van der Waals surface area contributed by atoms with Crippen LogP contribution in [0.4, 0.5) is 0 Å². The normalized spacial score (nSPS) is 10.6. The minimum absolute atomic E-state index is 0.205. The van der Waals surface area contributed by atoms with Crippen molar-refractivity contribution in [2.45, 2.75) is 19.9 Å². The summed E-state index contributed by atoms with van der Waals surface area (Å²) in [6.07, 6.45) is 2.19. The number of nitrogens with one attached hydrogen (secondary N) is 2. The molecule has 0 unspecified atom stereocenters. The molecule has 0 saturated carbocycles. The van der Waals surface area contributed by atoms with E-state index in [1.807, 2.05) is 48.0 Å². The highest BCUT2D eigenvalue weighted by Crippen LogP contribution is 2.20. The summed E-state index contributed by atoms with van der Waals surface area (Å²) in [5.41, 5.74) is 6.68. The van der Waals surface area contributed by atoms with E-state index in [1.165, 1.54) is 0 Å². The van der Waals surface area contributed by atoms with E-state index in [4.69, 9.17) is 16.3 Å². The van der Waals surface area contributed by atoms with Crippen LogP contribution in [0.15, 0.2) is 54.7 Å². The van der Waals surface area contributed by atoms with Crippen molar-refractivity contribution in [3.63, 3.8) is 0 Å². The van der Waals surface area contributed by atoms with E-state index in [1.54, 1.807) is 18.2 Å². The van der Waals surface area contributed by atoms with Crippen molar-refractivity contribution in [1.82, 2.24) is 15.4 Å². The first-order valence-electron chi connectivity index (χ1n) is 8.53. The second-order valence-electron chi connectivity index (χ2n) is 6.11. The Morgan fingerprint density at radius 3 is 2.67 bits per heavy atom. The van der Waals surface area contributed by atoms with Gasteiger partial charge in [-0.15, -0.1) is 0 Å². The lowest BCUT2D eigenvalue weighted by molar-refractivity contribution is -0.130. The monoisotopic (exact) mass is 385 g/mol. The number of fused-ring (bicyclic) bond motifs is 1. The first kappa shape index (κ1) is 18.8. The predicted octanol–water partition coefficient (Wildman–Crippen LogP) is 3.22.